The van der Waals surface area contributed by atoms with Crippen LogP contribution in [0.5, 0.6) is 0 Å². The van der Waals surface area contributed by atoms with E-state index < -0.39 is 0 Å². The van der Waals surface area contributed by atoms with Crippen LogP contribution in [0.25, 0.3) is 0 Å². The van der Waals surface area contributed by atoms with Crippen LogP contribution in [0.4, 0.5) is 0 Å². The highest BCUT2D eigenvalue weighted by Gasteiger charge is 2.35. The Hall–Kier alpha value is -0.120. The van der Waals surface area contributed by atoms with Crippen LogP contribution in [-0.4, -0.2) is 49.8 Å². The summed E-state index contributed by atoms with van der Waals surface area (Å²) in [6.45, 7) is 11.1. The molecule has 0 bridgehead atoms. The third kappa shape index (κ3) is 3.94. The van der Waals surface area contributed by atoms with Gasteiger partial charge in [-0.25, -0.2) is 0 Å². The average Bonchev–Trinajstić information content (AvgIpc) is 2.38. The number of rotatable bonds is 7. The molecular formula is C14H30N2O. The second-order valence-electron chi connectivity index (χ2n) is 5.27. The van der Waals surface area contributed by atoms with Crippen LogP contribution in [0.1, 0.15) is 46.5 Å². The molecule has 0 spiro atoms. The van der Waals surface area contributed by atoms with E-state index in [0.717, 1.165) is 19.7 Å². The molecular weight excluding hydrogens is 212 g/mol. The largest absolute Gasteiger partial charge is 0.383 e. The van der Waals surface area contributed by atoms with Crippen molar-refractivity contribution in [1.82, 2.24) is 10.2 Å². The SMILES string of the molecule is CCCC1CNC(CC)(CC)CN1CCOC. The summed E-state index contributed by atoms with van der Waals surface area (Å²) in [5.74, 6) is 0. The predicted molar refractivity (Wildman–Crippen MR) is 73.5 cm³/mol. The molecule has 1 heterocycles. The number of methoxy groups -OCH3 is 1. The van der Waals surface area contributed by atoms with Crippen molar-refractivity contribution in [2.24, 2.45) is 0 Å². The molecule has 0 radical (unpaired) electrons. The van der Waals surface area contributed by atoms with Crippen LogP contribution in [0, 0.1) is 0 Å². The summed E-state index contributed by atoms with van der Waals surface area (Å²) in [6, 6.07) is 0.696. The van der Waals surface area contributed by atoms with E-state index in [1.54, 1.807) is 7.11 Å². The number of nitrogens with one attached hydrogen (secondary N) is 1. The molecule has 1 N–H and O–H groups in total. The standard InChI is InChI=1S/C14H30N2O/c1-5-8-13-11-15-14(6-2,7-3)12-16(13)9-10-17-4/h13,15H,5-12H2,1-4H3. The molecule has 1 atom stereocenters. The van der Waals surface area contributed by atoms with Gasteiger partial charge in [-0.15, -0.1) is 0 Å². The van der Waals surface area contributed by atoms with Crippen LogP contribution in [-0.2, 0) is 4.74 Å². The lowest BCUT2D eigenvalue weighted by molar-refractivity contribution is 0.0451. The van der Waals surface area contributed by atoms with Gasteiger partial charge in [0.25, 0.3) is 0 Å². The molecule has 1 rings (SSSR count). The van der Waals surface area contributed by atoms with Gasteiger partial charge in [0.15, 0.2) is 0 Å². The number of hydrogen-bond donors (Lipinski definition) is 1. The van der Waals surface area contributed by atoms with E-state index in [9.17, 15) is 0 Å². The summed E-state index contributed by atoms with van der Waals surface area (Å²) in [6.07, 6.45) is 4.99. The van der Waals surface area contributed by atoms with Gasteiger partial charge in [0.2, 0.25) is 0 Å². The second kappa shape index (κ2) is 7.34. The first-order valence-electron chi connectivity index (χ1n) is 7.19. The van der Waals surface area contributed by atoms with Gasteiger partial charge in [-0.05, 0) is 19.3 Å². The van der Waals surface area contributed by atoms with E-state index in [1.165, 1.54) is 32.2 Å². The Bertz CT molecular complexity index is 204. The zero-order chi connectivity index (χ0) is 12.7. The first-order valence-corrected chi connectivity index (χ1v) is 7.19. The summed E-state index contributed by atoms with van der Waals surface area (Å²) in [7, 11) is 1.80. The zero-order valence-electron chi connectivity index (χ0n) is 12.1. The van der Waals surface area contributed by atoms with E-state index >= 15 is 0 Å². The number of ether oxygens (including phenoxy) is 1. The fraction of sp³-hybridized carbons (Fsp3) is 1.00. The molecule has 0 amide bonds. The van der Waals surface area contributed by atoms with Crippen molar-refractivity contribution in [3.05, 3.63) is 0 Å². The number of piperazine rings is 1. The lowest BCUT2D eigenvalue weighted by Gasteiger charge is -2.47. The highest BCUT2D eigenvalue weighted by atomic mass is 16.5. The molecule has 3 nitrogen and oxygen atoms in total. The first kappa shape index (κ1) is 14.9. The van der Waals surface area contributed by atoms with Crippen LogP contribution in [0.3, 0.4) is 0 Å². The molecule has 0 saturated carbocycles. The van der Waals surface area contributed by atoms with Crippen molar-refractivity contribution < 1.29 is 4.74 Å². The zero-order valence-corrected chi connectivity index (χ0v) is 12.1. The highest BCUT2D eigenvalue weighted by molar-refractivity contribution is 4.96. The molecule has 3 heteroatoms. The molecule has 1 fully saturated rings. The van der Waals surface area contributed by atoms with Gasteiger partial charge in [-0.3, -0.25) is 4.90 Å². The number of nitrogens with zero attached hydrogens (tertiary/aromatic N) is 1. The van der Waals surface area contributed by atoms with Gasteiger partial charge in [0.05, 0.1) is 6.61 Å². The van der Waals surface area contributed by atoms with Gasteiger partial charge in [-0.2, -0.15) is 0 Å². The normalized spacial score (nSPS) is 25.1. The topological polar surface area (TPSA) is 24.5 Å². The van der Waals surface area contributed by atoms with Gasteiger partial charge in [0, 0.05) is 38.3 Å². The van der Waals surface area contributed by atoms with Crippen LogP contribution in [0.2, 0.25) is 0 Å². The number of hydrogen-bond acceptors (Lipinski definition) is 3. The predicted octanol–water partition coefficient (Wildman–Crippen LogP) is 2.27. The molecule has 1 aliphatic rings. The van der Waals surface area contributed by atoms with Crippen molar-refractivity contribution in [2.45, 2.75) is 58.0 Å². The first-order chi connectivity index (χ1) is 8.21. The molecule has 0 aromatic carbocycles. The Balaban J connectivity index is 2.61. The summed E-state index contributed by atoms with van der Waals surface area (Å²) < 4.78 is 5.24. The van der Waals surface area contributed by atoms with Gasteiger partial charge in [-0.1, -0.05) is 27.2 Å². The van der Waals surface area contributed by atoms with E-state index in [2.05, 4.69) is 31.0 Å². The Kier molecular flexibility index (Phi) is 6.45. The smallest absolute Gasteiger partial charge is 0.0589 e. The van der Waals surface area contributed by atoms with Gasteiger partial charge >= 0.3 is 0 Å². The monoisotopic (exact) mass is 242 g/mol. The fourth-order valence-electron chi connectivity index (χ4n) is 2.85. The Morgan fingerprint density at radius 3 is 2.53 bits per heavy atom. The second-order valence-corrected chi connectivity index (χ2v) is 5.27. The molecule has 102 valence electrons. The summed E-state index contributed by atoms with van der Waals surface area (Å²) in [5, 5.41) is 3.79. The van der Waals surface area contributed by atoms with Crippen molar-refractivity contribution in [3.63, 3.8) is 0 Å². The Morgan fingerprint density at radius 1 is 1.29 bits per heavy atom. The molecule has 17 heavy (non-hydrogen) atoms. The summed E-state index contributed by atoms with van der Waals surface area (Å²) in [4.78, 5) is 2.64. The molecule has 0 aromatic heterocycles. The van der Waals surface area contributed by atoms with Crippen molar-refractivity contribution in [2.75, 3.05) is 33.4 Å². The molecule has 1 saturated heterocycles. The maximum atomic E-state index is 5.24. The minimum absolute atomic E-state index is 0.331. The van der Waals surface area contributed by atoms with Gasteiger partial charge < -0.3 is 10.1 Å². The maximum absolute atomic E-state index is 5.24. The van der Waals surface area contributed by atoms with Crippen molar-refractivity contribution in [1.29, 1.82) is 0 Å². The van der Waals surface area contributed by atoms with E-state index in [-0.39, 0.29) is 0 Å². The van der Waals surface area contributed by atoms with Crippen LogP contribution >= 0.6 is 0 Å². The summed E-state index contributed by atoms with van der Waals surface area (Å²) in [5.41, 5.74) is 0.331. The Labute approximate surface area is 107 Å². The maximum Gasteiger partial charge on any atom is 0.0589 e. The molecule has 1 aliphatic heterocycles. The van der Waals surface area contributed by atoms with Crippen LogP contribution < -0.4 is 5.32 Å². The minimum atomic E-state index is 0.331. The third-order valence-electron chi connectivity index (χ3n) is 4.29. The highest BCUT2D eigenvalue weighted by Crippen LogP contribution is 2.24. The average molecular weight is 242 g/mol. The van der Waals surface area contributed by atoms with E-state index in [1.807, 2.05) is 0 Å². The molecule has 1 unspecified atom stereocenters. The Morgan fingerprint density at radius 2 is 2.00 bits per heavy atom. The lowest BCUT2D eigenvalue weighted by atomic mass is 9.88. The molecule has 0 aliphatic carbocycles. The van der Waals surface area contributed by atoms with E-state index in [0.29, 0.717) is 11.6 Å². The minimum Gasteiger partial charge on any atom is -0.383 e. The quantitative estimate of drug-likeness (QED) is 0.741. The van der Waals surface area contributed by atoms with E-state index in [4.69, 9.17) is 4.74 Å². The summed E-state index contributed by atoms with van der Waals surface area (Å²) >= 11 is 0. The van der Waals surface area contributed by atoms with Crippen molar-refractivity contribution in [3.8, 4) is 0 Å². The third-order valence-corrected chi connectivity index (χ3v) is 4.29. The van der Waals surface area contributed by atoms with Gasteiger partial charge in [0.1, 0.15) is 0 Å². The lowest BCUT2D eigenvalue weighted by Crippen LogP contribution is -2.64. The molecule has 0 aromatic rings. The van der Waals surface area contributed by atoms with Crippen molar-refractivity contribution >= 4 is 0 Å². The fourth-order valence-corrected chi connectivity index (χ4v) is 2.85. The van der Waals surface area contributed by atoms with Crippen LogP contribution in [0.15, 0.2) is 0 Å².